The average Bonchev–Trinajstić information content (AvgIpc) is 2.08. The van der Waals surface area contributed by atoms with Gasteiger partial charge in [0.15, 0.2) is 6.29 Å². The lowest BCUT2D eigenvalue weighted by atomic mass is 10.4. The normalized spacial score (nSPS) is 7.82. The molecule has 0 aliphatic heterocycles. The first-order valence-corrected chi connectivity index (χ1v) is 3.71. The van der Waals surface area contributed by atoms with Gasteiger partial charge in [-0.05, 0) is 12.1 Å². The van der Waals surface area contributed by atoms with Crippen LogP contribution in [0.5, 0.6) is 0 Å². The molecule has 0 aliphatic carbocycles. The number of hydrogen-bond donors (Lipinski definition) is 0. The van der Waals surface area contributed by atoms with E-state index in [1.165, 1.54) is 6.42 Å². The van der Waals surface area contributed by atoms with Gasteiger partial charge in [-0.2, -0.15) is 0 Å². The number of aldehydes is 1. The highest BCUT2D eigenvalue weighted by atomic mass is 16.1. The van der Waals surface area contributed by atoms with Crippen molar-refractivity contribution in [3.8, 4) is 0 Å². The van der Waals surface area contributed by atoms with E-state index in [1.54, 1.807) is 24.4 Å². The Morgan fingerprint density at radius 3 is 2.36 bits per heavy atom. The van der Waals surface area contributed by atoms with Crippen LogP contribution in [-0.4, -0.2) is 11.3 Å². The molecule has 0 aliphatic rings. The molecule has 0 unspecified atom stereocenters. The summed E-state index contributed by atoms with van der Waals surface area (Å²) in [6.07, 6.45) is 3.56. The van der Waals surface area contributed by atoms with Gasteiger partial charge in [-0.3, -0.25) is 9.78 Å². The Labute approximate surface area is 67.3 Å². The molecule has 0 aromatic carbocycles. The summed E-state index contributed by atoms with van der Waals surface area (Å²) in [5.74, 6) is 0. The SMILES string of the molecule is CCC.O=Cc1ccccn1. The van der Waals surface area contributed by atoms with Crippen LogP contribution in [0.25, 0.3) is 0 Å². The summed E-state index contributed by atoms with van der Waals surface area (Å²) >= 11 is 0. The fraction of sp³-hybridized carbons (Fsp3) is 0.333. The summed E-state index contributed by atoms with van der Waals surface area (Å²) in [5.41, 5.74) is 0.479. The van der Waals surface area contributed by atoms with Crippen molar-refractivity contribution in [2.75, 3.05) is 0 Å². The maximum atomic E-state index is 9.94. The molecular formula is C9H13NO. The first-order chi connectivity index (χ1) is 5.35. The molecule has 1 heterocycles. The van der Waals surface area contributed by atoms with Gasteiger partial charge in [0.25, 0.3) is 0 Å². The van der Waals surface area contributed by atoms with Gasteiger partial charge in [0.2, 0.25) is 0 Å². The zero-order valence-electron chi connectivity index (χ0n) is 6.95. The van der Waals surface area contributed by atoms with Gasteiger partial charge >= 0.3 is 0 Å². The van der Waals surface area contributed by atoms with E-state index in [2.05, 4.69) is 18.8 Å². The van der Waals surface area contributed by atoms with Gasteiger partial charge in [0.1, 0.15) is 5.69 Å². The lowest BCUT2D eigenvalue weighted by Gasteiger charge is -1.81. The van der Waals surface area contributed by atoms with Gasteiger partial charge in [0.05, 0.1) is 0 Å². The molecule has 0 N–H and O–H groups in total. The molecule has 0 fully saturated rings. The van der Waals surface area contributed by atoms with Gasteiger partial charge in [-0.15, -0.1) is 0 Å². The van der Waals surface area contributed by atoms with Crippen LogP contribution in [0, 0.1) is 0 Å². The van der Waals surface area contributed by atoms with Crippen molar-refractivity contribution in [2.45, 2.75) is 20.3 Å². The van der Waals surface area contributed by atoms with E-state index in [9.17, 15) is 4.79 Å². The number of rotatable bonds is 1. The summed E-state index contributed by atoms with van der Waals surface area (Å²) in [7, 11) is 0. The highest BCUT2D eigenvalue weighted by Gasteiger charge is 1.81. The number of carbonyl (C=O) groups is 1. The fourth-order valence-corrected chi connectivity index (χ4v) is 0.446. The van der Waals surface area contributed by atoms with Crippen LogP contribution in [0.15, 0.2) is 24.4 Å². The standard InChI is InChI=1S/C6H5NO.C3H8/c8-5-6-3-1-2-4-7-6;1-3-2/h1-5H;3H2,1-2H3. The minimum Gasteiger partial charge on any atom is -0.296 e. The Bertz CT molecular complexity index is 184. The van der Waals surface area contributed by atoms with Crippen LogP contribution in [0.4, 0.5) is 0 Å². The minimum atomic E-state index is 0.479. The summed E-state index contributed by atoms with van der Waals surface area (Å²) in [6, 6.07) is 5.21. The van der Waals surface area contributed by atoms with Crippen LogP contribution < -0.4 is 0 Å². The van der Waals surface area contributed by atoms with Crippen molar-refractivity contribution in [1.29, 1.82) is 0 Å². The summed E-state index contributed by atoms with van der Waals surface area (Å²) in [5, 5.41) is 0. The van der Waals surface area contributed by atoms with Gasteiger partial charge < -0.3 is 0 Å². The van der Waals surface area contributed by atoms with Crippen LogP contribution >= 0.6 is 0 Å². The number of nitrogens with zero attached hydrogens (tertiary/aromatic N) is 1. The lowest BCUT2D eigenvalue weighted by Crippen LogP contribution is -1.80. The second kappa shape index (κ2) is 6.93. The van der Waals surface area contributed by atoms with E-state index in [-0.39, 0.29) is 0 Å². The van der Waals surface area contributed by atoms with Gasteiger partial charge in [-0.1, -0.05) is 26.3 Å². The molecule has 2 nitrogen and oxygen atoms in total. The summed E-state index contributed by atoms with van der Waals surface area (Å²) in [6.45, 7) is 4.25. The molecule has 11 heavy (non-hydrogen) atoms. The van der Waals surface area contributed by atoms with Crippen molar-refractivity contribution in [2.24, 2.45) is 0 Å². The third-order valence-electron chi connectivity index (χ3n) is 0.809. The highest BCUT2D eigenvalue weighted by molar-refractivity contribution is 5.71. The number of hydrogen-bond acceptors (Lipinski definition) is 2. The Hall–Kier alpha value is -1.18. The molecule has 1 rings (SSSR count). The zero-order valence-corrected chi connectivity index (χ0v) is 6.95. The molecule has 2 heteroatoms. The van der Waals surface area contributed by atoms with Crippen molar-refractivity contribution < 1.29 is 4.79 Å². The molecule has 0 radical (unpaired) electrons. The van der Waals surface area contributed by atoms with E-state index < -0.39 is 0 Å². The molecule has 0 amide bonds. The highest BCUT2D eigenvalue weighted by Crippen LogP contribution is 1.85. The molecule has 1 aromatic heterocycles. The van der Waals surface area contributed by atoms with E-state index in [1.807, 2.05) is 0 Å². The van der Waals surface area contributed by atoms with Gasteiger partial charge in [-0.25, -0.2) is 0 Å². The minimum absolute atomic E-state index is 0.479. The number of pyridine rings is 1. The lowest BCUT2D eigenvalue weighted by molar-refractivity contribution is 0.111. The summed E-state index contributed by atoms with van der Waals surface area (Å²) < 4.78 is 0. The molecular weight excluding hydrogens is 138 g/mol. The Morgan fingerprint density at radius 2 is 2.09 bits per heavy atom. The van der Waals surface area contributed by atoms with Crippen molar-refractivity contribution in [1.82, 2.24) is 4.98 Å². The van der Waals surface area contributed by atoms with E-state index in [0.717, 1.165) is 6.29 Å². The molecule has 0 saturated carbocycles. The van der Waals surface area contributed by atoms with Crippen LogP contribution in [0.3, 0.4) is 0 Å². The van der Waals surface area contributed by atoms with Crippen LogP contribution in [0.1, 0.15) is 30.8 Å². The summed E-state index contributed by atoms with van der Waals surface area (Å²) in [4.78, 5) is 13.7. The van der Waals surface area contributed by atoms with Gasteiger partial charge in [0, 0.05) is 6.20 Å². The smallest absolute Gasteiger partial charge is 0.168 e. The van der Waals surface area contributed by atoms with E-state index in [0.29, 0.717) is 5.69 Å². The number of aromatic nitrogens is 1. The average molecular weight is 151 g/mol. The maximum Gasteiger partial charge on any atom is 0.168 e. The molecule has 0 spiro atoms. The Kier molecular flexibility index (Phi) is 6.19. The molecule has 0 saturated heterocycles. The predicted octanol–water partition coefficient (Wildman–Crippen LogP) is 2.31. The van der Waals surface area contributed by atoms with Crippen LogP contribution in [0.2, 0.25) is 0 Å². The second-order valence-corrected chi connectivity index (χ2v) is 2.08. The fourth-order valence-electron chi connectivity index (χ4n) is 0.446. The molecule has 0 atom stereocenters. The second-order valence-electron chi connectivity index (χ2n) is 2.08. The topological polar surface area (TPSA) is 30.0 Å². The molecule has 60 valence electrons. The maximum absolute atomic E-state index is 9.94. The molecule has 1 aromatic rings. The van der Waals surface area contributed by atoms with Crippen molar-refractivity contribution in [3.63, 3.8) is 0 Å². The van der Waals surface area contributed by atoms with Crippen molar-refractivity contribution >= 4 is 6.29 Å². The first kappa shape index (κ1) is 9.82. The molecule has 0 bridgehead atoms. The van der Waals surface area contributed by atoms with E-state index in [4.69, 9.17) is 0 Å². The monoisotopic (exact) mass is 151 g/mol. The third-order valence-corrected chi connectivity index (χ3v) is 0.809. The number of carbonyl (C=O) groups excluding carboxylic acids is 1. The zero-order chi connectivity index (χ0) is 8.53. The first-order valence-electron chi connectivity index (χ1n) is 3.71. The predicted molar refractivity (Wildman–Crippen MR) is 45.6 cm³/mol. The quantitative estimate of drug-likeness (QED) is 0.576. The Morgan fingerprint density at radius 1 is 1.45 bits per heavy atom. The van der Waals surface area contributed by atoms with Crippen molar-refractivity contribution in [3.05, 3.63) is 30.1 Å². The van der Waals surface area contributed by atoms with E-state index >= 15 is 0 Å². The third kappa shape index (κ3) is 5.27. The largest absolute Gasteiger partial charge is 0.296 e. The Balaban J connectivity index is 0.000000292. The van der Waals surface area contributed by atoms with Crippen LogP contribution in [-0.2, 0) is 0 Å².